The van der Waals surface area contributed by atoms with Crippen molar-refractivity contribution in [2.75, 3.05) is 7.11 Å². The highest BCUT2D eigenvalue weighted by Crippen LogP contribution is 2.31. The number of aliphatic hydroxyl groups excluding tert-OH is 1. The molecule has 10 aromatic rings. The molecule has 1 N–H and O–H groups in total. The standard InChI is InChI=1S/2C13H14O.2C13H14.2C11H14/c1-9-8-13(14-3)10(2)12-7-5-4-6-11(9)12;1-9-7-11(8-14)10(2)13-6-4-3-5-12(9)13;2*1-9-8-10(2)12-6-4-5-7-13(12)11(9)3;2*1-9-6-7-10-4-2-3-5-11(10)8-9/h4-8H,1-3H3;3-7,14H,8H2,1-2H3;2*4-8H,1-3H3;2*6-8H,2-5H2,1H3. The molecule has 0 aliphatic heterocycles. The molecule has 2 nitrogen and oxygen atoms in total. The van der Waals surface area contributed by atoms with Gasteiger partial charge in [-0.1, -0.05) is 163 Å². The summed E-state index contributed by atoms with van der Waals surface area (Å²) in [5, 5.41) is 19.9. The SMILES string of the molecule is COc1cc(C)c2ccccc2c1C.Cc1cc(C)c2ccccc2c1C.Cc1cc(C)c2ccccc2c1C.Cc1cc(CO)c(C)c2ccccc12.Cc1ccc2c(c1)CCCC2.Cc1ccc2c(c1)CCCC2. The van der Waals surface area contributed by atoms with E-state index in [9.17, 15) is 5.11 Å². The van der Waals surface area contributed by atoms with Crippen molar-refractivity contribution in [1.82, 2.24) is 0 Å². The molecule has 0 bridgehead atoms. The molecule has 392 valence electrons. The molecule has 2 aliphatic rings. The number of aryl methyl sites for hydroxylation is 16. The summed E-state index contributed by atoms with van der Waals surface area (Å²) >= 11 is 0. The van der Waals surface area contributed by atoms with E-state index >= 15 is 0 Å². The van der Waals surface area contributed by atoms with E-state index in [1.807, 2.05) is 12.1 Å². The molecule has 2 heteroatoms. The minimum absolute atomic E-state index is 0.123. The van der Waals surface area contributed by atoms with Gasteiger partial charge in [-0.25, -0.2) is 0 Å². The molecule has 0 spiro atoms. The van der Waals surface area contributed by atoms with Gasteiger partial charge in [0.25, 0.3) is 0 Å². The maximum absolute atomic E-state index is 9.20. The molecule has 0 atom stereocenters. The summed E-state index contributed by atoms with van der Waals surface area (Å²) in [7, 11) is 1.72. The second-order valence-electron chi connectivity index (χ2n) is 21.6. The first-order valence-corrected chi connectivity index (χ1v) is 27.8. The van der Waals surface area contributed by atoms with Crippen LogP contribution < -0.4 is 4.74 Å². The Morgan fingerprint density at radius 2 is 0.632 bits per heavy atom. The Balaban J connectivity index is 0.000000133. The minimum atomic E-state index is 0.123. The molecule has 0 saturated heterocycles. The van der Waals surface area contributed by atoms with Gasteiger partial charge >= 0.3 is 0 Å². The van der Waals surface area contributed by atoms with Crippen LogP contribution in [0.5, 0.6) is 5.75 Å². The largest absolute Gasteiger partial charge is 0.496 e. The smallest absolute Gasteiger partial charge is 0.122 e. The molecule has 0 fully saturated rings. The van der Waals surface area contributed by atoms with Gasteiger partial charge in [-0.05, 0) is 267 Å². The lowest BCUT2D eigenvalue weighted by Gasteiger charge is -2.15. The third kappa shape index (κ3) is 13.9. The van der Waals surface area contributed by atoms with Crippen molar-refractivity contribution in [3.05, 3.63) is 252 Å². The predicted molar refractivity (Wildman–Crippen MR) is 331 cm³/mol. The van der Waals surface area contributed by atoms with Gasteiger partial charge in [-0.15, -0.1) is 0 Å². The summed E-state index contributed by atoms with van der Waals surface area (Å²) in [5.41, 5.74) is 23.4. The Bertz CT molecular complexity index is 3350. The van der Waals surface area contributed by atoms with Crippen LogP contribution in [-0.2, 0) is 32.3 Å². The zero-order chi connectivity index (χ0) is 54.5. The fourth-order valence-electron chi connectivity index (χ4n) is 11.3. The lowest BCUT2D eigenvalue weighted by Crippen LogP contribution is -2.01. The van der Waals surface area contributed by atoms with Crippen molar-refractivity contribution >= 4 is 43.1 Å². The molecule has 0 saturated carbocycles. The highest BCUT2D eigenvalue weighted by Gasteiger charge is 2.10. The fraction of sp³-hybridized carbons (Fsp3) is 0.297. The number of hydrogen-bond acceptors (Lipinski definition) is 2. The second kappa shape index (κ2) is 26.7. The van der Waals surface area contributed by atoms with Crippen molar-refractivity contribution in [2.24, 2.45) is 0 Å². The van der Waals surface area contributed by atoms with Gasteiger partial charge in [0.15, 0.2) is 0 Å². The Morgan fingerprint density at radius 3 is 1.00 bits per heavy atom. The summed E-state index contributed by atoms with van der Waals surface area (Å²) in [5.74, 6) is 0.973. The third-order valence-corrected chi connectivity index (χ3v) is 16.1. The average Bonchev–Trinajstić information content (AvgIpc) is 3.44. The van der Waals surface area contributed by atoms with Gasteiger partial charge in [0, 0.05) is 0 Å². The third-order valence-electron chi connectivity index (χ3n) is 16.1. The quantitative estimate of drug-likeness (QED) is 0.187. The van der Waals surface area contributed by atoms with Crippen molar-refractivity contribution in [3.8, 4) is 5.75 Å². The molecule has 0 heterocycles. The van der Waals surface area contributed by atoms with E-state index in [1.54, 1.807) is 29.4 Å². The summed E-state index contributed by atoms with van der Waals surface area (Å²) in [4.78, 5) is 0. The average molecular weight is 1010 g/mol. The van der Waals surface area contributed by atoms with Gasteiger partial charge in [-0.2, -0.15) is 0 Å². The Labute approximate surface area is 456 Å². The van der Waals surface area contributed by atoms with Gasteiger partial charge in [-0.3, -0.25) is 0 Å². The molecule has 76 heavy (non-hydrogen) atoms. The van der Waals surface area contributed by atoms with Crippen LogP contribution in [0.2, 0.25) is 0 Å². The number of methoxy groups -OCH3 is 1. The monoisotopic (exact) mass is 1000 g/mol. The maximum Gasteiger partial charge on any atom is 0.122 e. The first-order valence-electron chi connectivity index (χ1n) is 27.8. The van der Waals surface area contributed by atoms with Gasteiger partial charge in [0.1, 0.15) is 5.75 Å². The van der Waals surface area contributed by atoms with Crippen LogP contribution in [0.4, 0.5) is 0 Å². The molecule has 10 aromatic carbocycles. The summed E-state index contributed by atoms with van der Waals surface area (Å²) in [6, 6.07) is 56.3. The van der Waals surface area contributed by atoms with Crippen molar-refractivity contribution in [1.29, 1.82) is 0 Å². The molecular weight excluding hydrogens is 921 g/mol. The summed E-state index contributed by atoms with van der Waals surface area (Å²) in [6.45, 7) is 25.9. The topological polar surface area (TPSA) is 29.5 Å². The van der Waals surface area contributed by atoms with Crippen LogP contribution in [0.1, 0.15) is 120 Å². The summed E-state index contributed by atoms with van der Waals surface area (Å²) < 4.78 is 5.33. The van der Waals surface area contributed by atoms with Crippen LogP contribution >= 0.6 is 0 Å². The zero-order valence-electron chi connectivity index (χ0n) is 48.2. The number of fused-ring (bicyclic) bond motifs is 6. The number of benzene rings is 10. The van der Waals surface area contributed by atoms with E-state index in [-0.39, 0.29) is 6.61 Å². The fourth-order valence-corrected chi connectivity index (χ4v) is 11.3. The highest BCUT2D eigenvalue weighted by molar-refractivity contribution is 5.92. The minimum Gasteiger partial charge on any atom is -0.496 e. The van der Waals surface area contributed by atoms with Crippen LogP contribution in [0, 0.1) is 83.1 Å². The molecule has 0 amide bonds. The molecule has 0 radical (unpaired) electrons. The molecule has 2 aliphatic carbocycles. The normalized spacial score (nSPS) is 12.2. The highest BCUT2D eigenvalue weighted by atomic mass is 16.5. The van der Waals surface area contributed by atoms with Crippen LogP contribution in [0.15, 0.2) is 158 Å². The first-order chi connectivity index (χ1) is 36.6. The molecular formula is C74H84O2. The van der Waals surface area contributed by atoms with Gasteiger partial charge in [0.05, 0.1) is 13.7 Å². The van der Waals surface area contributed by atoms with Crippen molar-refractivity contribution in [3.63, 3.8) is 0 Å². The van der Waals surface area contributed by atoms with Crippen LogP contribution in [-0.4, -0.2) is 12.2 Å². The van der Waals surface area contributed by atoms with E-state index in [0.717, 1.165) is 11.3 Å². The lowest BCUT2D eigenvalue weighted by molar-refractivity contribution is 0.281. The van der Waals surface area contributed by atoms with Gasteiger partial charge in [0.2, 0.25) is 0 Å². The Hall–Kier alpha value is -7.00. The van der Waals surface area contributed by atoms with E-state index in [4.69, 9.17) is 4.74 Å². The van der Waals surface area contributed by atoms with Crippen LogP contribution in [0.25, 0.3) is 43.1 Å². The number of ether oxygens (including phenoxy) is 1. The second-order valence-corrected chi connectivity index (χ2v) is 21.6. The Morgan fingerprint density at radius 1 is 0.316 bits per heavy atom. The van der Waals surface area contributed by atoms with Crippen molar-refractivity contribution < 1.29 is 9.84 Å². The maximum atomic E-state index is 9.20. The predicted octanol–water partition coefficient (Wildman–Crippen LogP) is 19.7. The zero-order valence-corrected chi connectivity index (χ0v) is 48.2. The first kappa shape index (κ1) is 56.7. The number of hydrogen-bond donors (Lipinski definition) is 1. The Kier molecular flexibility index (Phi) is 19.9. The summed E-state index contributed by atoms with van der Waals surface area (Å²) in [6.07, 6.45) is 10.7. The molecule has 12 rings (SSSR count). The number of rotatable bonds is 2. The van der Waals surface area contributed by atoms with E-state index in [0.29, 0.717) is 0 Å². The van der Waals surface area contributed by atoms with E-state index < -0.39 is 0 Å². The van der Waals surface area contributed by atoms with Gasteiger partial charge < -0.3 is 9.84 Å². The molecule has 0 aromatic heterocycles. The number of aliphatic hydroxyl groups is 1. The molecule has 0 unspecified atom stereocenters. The van der Waals surface area contributed by atoms with Crippen molar-refractivity contribution in [2.45, 2.75) is 141 Å². The van der Waals surface area contributed by atoms with E-state index in [2.05, 4.69) is 229 Å². The van der Waals surface area contributed by atoms with E-state index in [1.165, 1.54) is 161 Å². The van der Waals surface area contributed by atoms with Crippen LogP contribution in [0.3, 0.4) is 0 Å². The lowest BCUT2D eigenvalue weighted by atomic mass is 9.91.